The van der Waals surface area contributed by atoms with E-state index in [4.69, 9.17) is 0 Å². The van der Waals surface area contributed by atoms with E-state index in [-0.39, 0.29) is 6.17 Å². The summed E-state index contributed by atoms with van der Waals surface area (Å²) in [6.45, 7) is 3.90. The number of nitrogens with zero attached hydrogens (tertiary/aromatic N) is 1. The number of allylic oxidation sites excluding steroid dienone is 2. The summed E-state index contributed by atoms with van der Waals surface area (Å²) in [6.07, 6.45) is 9.40. The van der Waals surface area contributed by atoms with Gasteiger partial charge < -0.3 is 0 Å². The summed E-state index contributed by atoms with van der Waals surface area (Å²) < 4.78 is 0. The molecular formula is C10H16N2. The lowest BCUT2D eigenvalue weighted by Crippen LogP contribution is -2.19. The molecule has 0 saturated carbocycles. The van der Waals surface area contributed by atoms with Crippen molar-refractivity contribution in [2.24, 2.45) is 4.99 Å². The molecule has 1 unspecified atom stereocenters. The Morgan fingerprint density at radius 3 is 2.67 bits per heavy atom. The smallest absolute Gasteiger partial charge is 0.118 e. The Hall–Kier alpha value is -1.11. The highest BCUT2D eigenvalue weighted by molar-refractivity contribution is 5.70. The first kappa shape index (κ1) is 10.9. The van der Waals surface area contributed by atoms with Gasteiger partial charge in [-0.15, -0.1) is 5.73 Å². The zero-order chi connectivity index (χ0) is 9.23. The van der Waals surface area contributed by atoms with Crippen LogP contribution >= 0.6 is 0 Å². The van der Waals surface area contributed by atoms with Crippen molar-refractivity contribution in [2.45, 2.75) is 20.0 Å². The number of hydrogen-bond acceptors (Lipinski definition) is 2. The van der Waals surface area contributed by atoms with Crippen molar-refractivity contribution in [3.05, 3.63) is 30.0 Å². The largest absolute Gasteiger partial charge is 0.296 e. The lowest BCUT2D eigenvalue weighted by atomic mass is 10.4. The quantitative estimate of drug-likeness (QED) is 0.383. The Balaban J connectivity index is 4.01. The van der Waals surface area contributed by atoms with Crippen LogP contribution in [-0.2, 0) is 0 Å². The first-order valence-electron chi connectivity index (χ1n) is 4.04. The van der Waals surface area contributed by atoms with Crippen LogP contribution in [0, 0.1) is 0 Å². The molecule has 1 atom stereocenters. The Bertz CT molecular complexity index is 208. The summed E-state index contributed by atoms with van der Waals surface area (Å²) in [5.74, 6) is 0. The van der Waals surface area contributed by atoms with E-state index >= 15 is 0 Å². The van der Waals surface area contributed by atoms with Gasteiger partial charge in [-0.1, -0.05) is 12.2 Å². The molecule has 2 heteroatoms. The van der Waals surface area contributed by atoms with Gasteiger partial charge in [-0.2, -0.15) is 0 Å². The normalized spacial score (nSPS) is 13.2. The minimum atomic E-state index is 0.0740. The molecule has 0 aromatic carbocycles. The van der Waals surface area contributed by atoms with E-state index in [1.54, 1.807) is 12.3 Å². The fourth-order valence-electron chi connectivity index (χ4n) is 0.678. The van der Waals surface area contributed by atoms with E-state index in [0.29, 0.717) is 0 Å². The van der Waals surface area contributed by atoms with Crippen LogP contribution in [0.5, 0.6) is 0 Å². The van der Waals surface area contributed by atoms with Crippen LogP contribution in [0.2, 0.25) is 0 Å². The minimum Gasteiger partial charge on any atom is -0.296 e. The molecule has 0 heterocycles. The second-order valence-corrected chi connectivity index (χ2v) is 2.18. The van der Waals surface area contributed by atoms with Crippen LogP contribution in [0.4, 0.5) is 0 Å². The molecule has 0 aliphatic carbocycles. The van der Waals surface area contributed by atoms with Crippen LogP contribution in [0.1, 0.15) is 13.8 Å². The van der Waals surface area contributed by atoms with Gasteiger partial charge >= 0.3 is 0 Å². The molecule has 0 amide bonds. The third kappa shape index (κ3) is 5.66. The molecule has 0 fully saturated rings. The van der Waals surface area contributed by atoms with Gasteiger partial charge in [-0.05, 0) is 33.0 Å². The van der Waals surface area contributed by atoms with Crippen molar-refractivity contribution < 1.29 is 0 Å². The molecule has 1 N–H and O–H groups in total. The Labute approximate surface area is 74.4 Å². The maximum absolute atomic E-state index is 4.21. The van der Waals surface area contributed by atoms with Gasteiger partial charge in [0.1, 0.15) is 6.17 Å². The van der Waals surface area contributed by atoms with Gasteiger partial charge in [0.15, 0.2) is 0 Å². The van der Waals surface area contributed by atoms with E-state index < -0.39 is 0 Å². The second-order valence-electron chi connectivity index (χ2n) is 2.18. The van der Waals surface area contributed by atoms with Crippen molar-refractivity contribution >= 4 is 6.21 Å². The molecular weight excluding hydrogens is 148 g/mol. The summed E-state index contributed by atoms with van der Waals surface area (Å²) in [5.41, 5.74) is 2.92. The van der Waals surface area contributed by atoms with Crippen LogP contribution in [0.3, 0.4) is 0 Å². The summed E-state index contributed by atoms with van der Waals surface area (Å²) in [4.78, 5) is 4.21. The van der Waals surface area contributed by atoms with Gasteiger partial charge in [0.25, 0.3) is 0 Å². The summed E-state index contributed by atoms with van der Waals surface area (Å²) >= 11 is 0. The highest BCUT2D eigenvalue weighted by Crippen LogP contribution is 1.86. The fraction of sp³-hybridized carbons (Fsp3) is 0.400. The standard InChI is InChI=1S/C10H16N2/c1-4-6-7-9-12-10(11-3)8-5-2/h4-5,7-11H,1-3H3. The van der Waals surface area contributed by atoms with E-state index in [1.165, 1.54) is 0 Å². The van der Waals surface area contributed by atoms with E-state index in [9.17, 15) is 0 Å². The molecule has 0 aromatic heterocycles. The van der Waals surface area contributed by atoms with Gasteiger partial charge in [0.05, 0.1) is 0 Å². The van der Waals surface area contributed by atoms with E-state index in [2.05, 4.69) is 16.0 Å². The molecule has 0 aromatic rings. The molecule has 66 valence electrons. The fourth-order valence-corrected chi connectivity index (χ4v) is 0.678. The van der Waals surface area contributed by atoms with Crippen molar-refractivity contribution in [1.82, 2.24) is 5.32 Å². The predicted molar refractivity (Wildman–Crippen MR) is 54.5 cm³/mol. The number of rotatable bonds is 4. The number of hydrogen-bond donors (Lipinski definition) is 1. The van der Waals surface area contributed by atoms with Crippen LogP contribution in [-0.4, -0.2) is 19.4 Å². The number of aliphatic imine (C=N–C) groups is 1. The maximum Gasteiger partial charge on any atom is 0.118 e. The Kier molecular flexibility index (Phi) is 7.25. The summed E-state index contributed by atoms with van der Waals surface area (Å²) in [6, 6.07) is 0. The van der Waals surface area contributed by atoms with Crippen molar-refractivity contribution in [2.75, 3.05) is 7.05 Å². The average Bonchev–Trinajstić information content (AvgIpc) is 2.10. The molecule has 2 nitrogen and oxygen atoms in total. The molecule has 0 bridgehead atoms. The molecule has 0 radical (unpaired) electrons. The molecule has 0 spiro atoms. The molecule has 0 aliphatic heterocycles. The van der Waals surface area contributed by atoms with Gasteiger partial charge in [0, 0.05) is 6.21 Å². The summed E-state index contributed by atoms with van der Waals surface area (Å²) in [5, 5.41) is 3.04. The lowest BCUT2D eigenvalue weighted by Gasteiger charge is -2.02. The summed E-state index contributed by atoms with van der Waals surface area (Å²) in [7, 11) is 1.88. The van der Waals surface area contributed by atoms with Crippen molar-refractivity contribution in [3.8, 4) is 0 Å². The van der Waals surface area contributed by atoms with E-state index in [0.717, 1.165) is 0 Å². The van der Waals surface area contributed by atoms with Gasteiger partial charge in [-0.3, -0.25) is 10.3 Å². The first-order valence-corrected chi connectivity index (χ1v) is 4.04. The first-order chi connectivity index (χ1) is 5.85. The Morgan fingerprint density at radius 1 is 1.42 bits per heavy atom. The highest BCUT2D eigenvalue weighted by Gasteiger charge is 1.91. The van der Waals surface area contributed by atoms with Crippen LogP contribution in [0.25, 0.3) is 0 Å². The zero-order valence-corrected chi connectivity index (χ0v) is 7.91. The average molecular weight is 164 g/mol. The molecule has 0 rings (SSSR count). The van der Waals surface area contributed by atoms with Crippen LogP contribution < -0.4 is 5.32 Å². The monoisotopic (exact) mass is 164 g/mol. The third-order valence-electron chi connectivity index (χ3n) is 1.25. The molecule has 12 heavy (non-hydrogen) atoms. The van der Waals surface area contributed by atoms with Gasteiger partial charge in [-0.25, -0.2) is 0 Å². The second kappa shape index (κ2) is 7.99. The van der Waals surface area contributed by atoms with Crippen LogP contribution in [0.15, 0.2) is 35.0 Å². The topological polar surface area (TPSA) is 24.4 Å². The van der Waals surface area contributed by atoms with Gasteiger partial charge in [0.2, 0.25) is 0 Å². The predicted octanol–water partition coefficient (Wildman–Crippen LogP) is 1.91. The lowest BCUT2D eigenvalue weighted by molar-refractivity contribution is 0.703. The van der Waals surface area contributed by atoms with Crippen molar-refractivity contribution in [3.63, 3.8) is 0 Å². The van der Waals surface area contributed by atoms with E-state index in [1.807, 2.05) is 39.1 Å². The number of likely N-dealkylation sites (N-methyl/N-ethyl adjacent to an activating group) is 1. The number of nitrogens with one attached hydrogen (secondary N) is 1. The molecule has 0 aliphatic rings. The molecule has 0 saturated heterocycles. The third-order valence-corrected chi connectivity index (χ3v) is 1.25. The Morgan fingerprint density at radius 2 is 2.17 bits per heavy atom. The van der Waals surface area contributed by atoms with Crippen molar-refractivity contribution in [1.29, 1.82) is 0 Å². The minimum absolute atomic E-state index is 0.0740. The maximum atomic E-state index is 4.21. The zero-order valence-electron chi connectivity index (χ0n) is 7.91. The highest BCUT2D eigenvalue weighted by atomic mass is 15.0. The SMILES string of the molecule is CC=C=CC=NC(C=CC)NC.